The zero-order valence-corrected chi connectivity index (χ0v) is 10.1. The first-order chi connectivity index (χ1) is 7.63. The van der Waals surface area contributed by atoms with Crippen LogP contribution < -0.4 is 0 Å². The zero-order valence-electron chi connectivity index (χ0n) is 10.1. The maximum Gasteiger partial charge on any atom is 0.354 e. The maximum atomic E-state index is 11.7. The molecule has 2 heterocycles. The summed E-state index contributed by atoms with van der Waals surface area (Å²) < 4.78 is 7.00. The Morgan fingerprint density at radius 3 is 2.94 bits per heavy atom. The molecule has 4 nitrogen and oxygen atoms in total. The second-order valence-electron chi connectivity index (χ2n) is 4.27. The van der Waals surface area contributed by atoms with Gasteiger partial charge in [-0.2, -0.15) is 0 Å². The molecule has 0 aromatic carbocycles. The van der Waals surface area contributed by atoms with E-state index in [0.29, 0.717) is 12.3 Å². The van der Waals surface area contributed by atoms with Gasteiger partial charge in [0.2, 0.25) is 0 Å². The molecule has 0 saturated heterocycles. The lowest BCUT2D eigenvalue weighted by Crippen LogP contribution is -2.27. The highest BCUT2D eigenvalue weighted by Crippen LogP contribution is 2.22. The second kappa shape index (κ2) is 4.29. The van der Waals surface area contributed by atoms with E-state index < -0.39 is 0 Å². The molecule has 0 bridgehead atoms. The highest BCUT2D eigenvalue weighted by Gasteiger charge is 2.22. The highest BCUT2D eigenvalue weighted by atomic mass is 16.5. The molecule has 0 unspecified atom stereocenters. The van der Waals surface area contributed by atoms with Crippen LogP contribution in [0.25, 0.3) is 0 Å². The monoisotopic (exact) mass is 222 g/mol. The van der Waals surface area contributed by atoms with E-state index in [1.54, 1.807) is 0 Å². The van der Waals surface area contributed by atoms with Crippen LogP contribution in [-0.4, -0.2) is 35.6 Å². The molecule has 16 heavy (non-hydrogen) atoms. The summed E-state index contributed by atoms with van der Waals surface area (Å²) in [5.41, 5.74) is 3.18. The molecule has 1 aliphatic heterocycles. The van der Waals surface area contributed by atoms with E-state index in [4.69, 9.17) is 4.74 Å². The van der Waals surface area contributed by atoms with Crippen LogP contribution in [0.5, 0.6) is 0 Å². The van der Waals surface area contributed by atoms with Crippen LogP contribution in [0.15, 0.2) is 6.07 Å². The minimum Gasteiger partial charge on any atom is -0.461 e. The van der Waals surface area contributed by atoms with Crippen LogP contribution in [-0.2, 0) is 24.8 Å². The fourth-order valence-electron chi connectivity index (χ4n) is 2.18. The Labute approximate surface area is 95.8 Å². The van der Waals surface area contributed by atoms with Crippen molar-refractivity contribution < 1.29 is 9.53 Å². The van der Waals surface area contributed by atoms with Crippen molar-refractivity contribution in [3.63, 3.8) is 0 Å². The number of esters is 1. The summed E-state index contributed by atoms with van der Waals surface area (Å²) in [5, 5.41) is 0. The summed E-state index contributed by atoms with van der Waals surface area (Å²) in [6.07, 6.45) is 1.01. The second-order valence-corrected chi connectivity index (χ2v) is 4.27. The van der Waals surface area contributed by atoms with Crippen molar-refractivity contribution in [3.8, 4) is 0 Å². The molecule has 1 aliphatic rings. The first-order valence-corrected chi connectivity index (χ1v) is 5.66. The Kier molecular flexibility index (Phi) is 3.01. The summed E-state index contributed by atoms with van der Waals surface area (Å²) in [6.45, 7) is 4.22. The van der Waals surface area contributed by atoms with E-state index in [2.05, 4.69) is 11.9 Å². The minimum atomic E-state index is -0.220. The van der Waals surface area contributed by atoms with Crippen molar-refractivity contribution in [3.05, 3.63) is 23.0 Å². The summed E-state index contributed by atoms with van der Waals surface area (Å²) in [4.78, 5) is 14.0. The van der Waals surface area contributed by atoms with Crippen molar-refractivity contribution in [1.29, 1.82) is 0 Å². The average molecular weight is 222 g/mol. The average Bonchev–Trinajstić information content (AvgIpc) is 2.57. The van der Waals surface area contributed by atoms with E-state index in [1.165, 1.54) is 11.3 Å². The van der Waals surface area contributed by atoms with Crippen molar-refractivity contribution in [1.82, 2.24) is 9.47 Å². The molecule has 0 spiro atoms. The van der Waals surface area contributed by atoms with Gasteiger partial charge in [0, 0.05) is 25.8 Å². The Hall–Kier alpha value is -1.29. The van der Waals surface area contributed by atoms with Gasteiger partial charge in [-0.1, -0.05) is 0 Å². The molecule has 1 aromatic heterocycles. The third-order valence-electron chi connectivity index (χ3n) is 3.11. The quantitative estimate of drug-likeness (QED) is 0.705. The van der Waals surface area contributed by atoms with Crippen LogP contribution in [0.3, 0.4) is 0 Å². The molecule has 0 atom stereocenters. The third kappa shape index (κ3) is 1.85. The number of hydrogen-bond donors (Lipinski definition) is 0. The van der Waals surface area contributed by atoms with E-state index in [-0.39, 0.29) is 5.97 Å². The van der Waals surface area contributed by atoms with Crippen molar-refractivity contribution in [2.75, 3.05) is 20.2 Å². The predicted molar refractivity (Wildman–Crippen MR) is 61.4 cm³/mol. The number of aromatic nitrogens is 1. The van der Waals surface area contributed by atoms with Gasteiger partial charge in [0.1, 0.15) is 5.69 Å². The molecule has 2 rings (SSSR count). The van der Waals surface area contributed by atoms with Crippen LogP contribution in [0.4, 0.5) is 0 Å². The maximum absolute atomic E-state index is 11.7. The first-order valence-electron chi connectivity index (χ1n) is 5.66. The van der Waals surface area contributed by atoms with Crippen LogP contribution in [0, 0.1) is 0 Å². The third-order valence-corrected chi connectivity index (χ3v) is 3.11. The van der Waals surface area contributed by atoms with Crippen molar-refractivity contribution in [2.45, 2.75) is 19.9 Å². The molecular formula is C12H18N2O2. The fraction of sp³-hybridized carbons (Fsp3) is 0.583. The molecular weight excluding hydrogens is 204 g/mol. The van der Waals surface area contributed by atoms with Gasteiger partial charge in [0.05, 0.1) is 6.61 Å². The number of carbonyl (C=O) groups is 1. The van der Waals surface area contributed by atoms with Gasteiger partial charge in [-0.05, 0) is 32.0 Å². The standard InChI is InChI=1S/C12H18N2O2/c1-4-16-12(15)10-7-9-5-6-13(2)8-11(9)14(10)3/h7H,4-6,8H2,1-3H3. The van der Waals surface area contributed by atoms with Crippen LogP contribution >= 0.6 is 0 Å². The largest absolute Gasteiger partial charge is 0.461 e. The zero-order chi connectivity index (χ0) is 11.7. The van der Waals surface area contributed by atoms with Gasteiger partial charge in [-0.15, -0.1) is 0 Å². The minimum absolute atomic E-state index is 0.220. The van der Waals surface area contributed by atoms with E-state index in [9.17, 15) is 4.79 Å². The Morgan fingerprint density at radius 2 is 2.25 bits per heavy atom. The van der Waals surface area contributed by atoms with Gasteiger partial charge in [-0.25, -0.2) is 4.79 Å². The van der Waals surface area contributed by atoms with Crippen molar-refractivity contribution >= 4 is 5.97 Å². The molecule has 0 saturated carbocycles. The smallest absolute Gasteiger partial charge is 0.354 e. The lowest BCUT2D eigenvalue weighted by molar-refractivity contribution is 0.0514. The summed E-state index contributed by atoms with van der Waals surface area (Å²) >= 11 is 0. The van der Waals surface area contributed by atoms with Crippen LogP contribution in [0.2, 0.25) is 0 Å². The van der Waals surface area contributed by atoms with Gasteiger partial charge in [0.15, 0.2) is 0 Å². The van der Waals surface area contributed by atoms with Gasteiger partial charge >= 0.3 is 5.97 Å². The molecule has 0 amide bonds. The highest BCUT2D eigenvalue weighted by molar-refractivity contribution is 5.88. The molecule has 0 fully saturated rings. The molecule has 1 aromatic rings. The van der Waals surface area contributed by atoms with E-state index >= 15 is 0 Å². The number of likely N-dealkylation sites (N-methyl/N-ethyl adjacent to an activating group) is 1. The van der Waals surface area contributed by atoms with Gasteiger partial charge < -0.3 is 14.2 Å². The number of fused-ring (bicyclic) bond motifs is 1. The summed E-state index contributed by atoms with van der Waals surface area (Å²) in [6, 6.07) is 1.97. The molecule has 0 radical (unpaired) electrons. The number of ether oxygens (including phenoxy) is 1. The molecule has 0 N–H and O–H groups in total. The van der Waals surface area contributed by atoms with Crippen molar-refractivity contribution in [2.24, 2.45) is 7.05 Å². The topological polar surface area (TPSA) is 34.5 Å². The summed E-state index contributed by atoms with van der Waals surface area (Å²) in [7, 11) is 4.03. The Balaban J connectivity index is 2.32. The lowest BCUT2D eigenvalue weighted by Gasteiger charge is -2.23. The van der Waals surface area contributed by atoms with E-state index in [0.717, 1.165) is 19.5 Å². The molecule has 88 valence electrons. The normalized spacial score (nSPS) is 15.9. The first kappa shape index (κ1) is 11.2. The lowest BCUT2D eigenvalue weighted by atomic mass is 10.1. The summed E-state index contributed by atoms with van der Waals surface area (Å²) in [5.74, 6) is -0.220. The Morgan fingerprint density at radius 1 is 1.50 bits per heavy atom. The fourth-order valence-corrected chi connectivity index (χ4v) is 2.18. The Bertz CT molecular complexity index is 409. The number of hydrogen-bond acceptors (Lipinski definition) is 3. The SMILES string of the molecule is CCOC(=O)c1cc2c(n1C)CN(C)CC2. The number of rotatable bonds is 2. The number of carbonyl (C=O) groups excluding carboxylic acids is 1. The molecule has 0 aliphatic carbocycles. The molecule has 4 heteroatoms. The number of nitrogens with zero attached hydrogens (tertiary/aromatic N) is 2. The van der Waals surface area contributed by atoms with E-state index in [1.807, 2.05) is 24.6 Å². The van der Waals surface area contributed by atoms with Gasteiger partial charge in [-0.3, -0.25) is 0 Å². The van der Waals surface area contributed by atoms with Crippen LogP contribution in [0.1, 0.15) is 28.7 Å². The predicted octanol–water partition coefficient (Wildman–Crippen LogP) is 1.19. The van der Waals surface area contributed by atoms with Gasteiger partial charge in [0.25, 0.3) is 0 Å².